The molecule has 8 nitrogen and oxygen atoms in total. The minimum absolute atomic E-state index is 0.0148. The minimum Gasteiger partial charge on any atom is -0.487 e. The van der Waals surface area contributed by atoms with Gasteiger partial charge in [0, 0.05) is 22.4 Å². The lowest BCUT2D eigenvalue weighted by atomic mass is 9.83. The molecule has 0 heterocycles. The zero-order chi connectivity index (χ0) is 26.3. The summed E-state index contributed by atoms with van der Waals surface area (Å²) in [4.78, 5) is 25.6. The van der Waals surface area contributed by atoms with Crippen molar-refractivity contribution in [1.82, 2.24) is 5.32 Å². The number of benzene rings is 2. The van der Waals surface area contributed by atoms with Gasteiger partial charge in [0.1, 0.15) is 28.9 Å². The number of anilines is 1. The molecule has 0 unspecified atom stereocenters. The summed E-state index contributed by atoms with van der Waals surface area (Å²) in [6.45, 7) is 5.38. The molecule has 2 aromatic rings. The molecule has 1 saturated carbocycles. The van der Waals surface area contributed by atoms with Crippen molar-refractivity contribution in [2.75, 3.05) is 5.32 Å². The average Bonchev–Trinajstić information content (AvgIpc) is 2.80. The number of nitrogens with one attached hydrogen (secondary N) is 2. The van der Waals surface area contributed by atoms with Gasteiger partial charge >= 0.3 is 6.09 Å². The molecule has 2 amide bonds. The van der Waals surface area contributed by atoms with E-state index in [1.807, 2.05) is 30.3 Å². The largest absolute Gasteiger partial charge is 0.487 e. The van der Waals surface area contributed by atoms with Crippen LogP contribution in [0, 0.1) is 5.92 Å². The second kappa shape index (κ2) is 12.0. The fourth-order valence-electron chi connectivity index (χ4n) is 4.15. The molecule has 1 aliphatic rings. The average molecular weight is 537 g/mol. The monoisotopic (exact) mass is 536 g/mol. The first-order valence-electron chi connectivity index (χ1n) is 12.0. The predicted octanol–water partition coefficient (Wildman–Crippen LogP) is 5.61. The number of rotatable bonds is 8. The second-order valence-electron chi connectivity index (χ2n) is 9.88. The Hall–Kier alpha value is -2.78. The van der Waals surface area contributed by atoms with Crippen LogP contribution in [0.25, 0.3) is 0 Å². The molecule has 0 spiro atoms. The molecule has 1 atom stereocenters. The molecular formula is C26H33ClN2O6S. The summed E-state index contributed by atoms with van der Waals surface area (Å²) in [5.74, 6) is -0.438. The van der Waals surface area contributed by atoms with Crippen LogP contribution in [-0.2, 0) is 25.2 Å². The third-order valence-corrected chi connectivity index (χ3v) is 7.15. The van der Waals surface area contributed by atoms with E-state index in [0.29, 0.717) is 5.69 Å². The van der Waals surface area contributed by atoms with Crippen LogP contribution in [0.3, 0.4) is 0 Å². The molecule has 0 aromatic heterocycles. The summed E-state index contributed by atoms with van der Waals surface area (Å²) in [6, 6.07) is 12.6. The Bertz CT molecular complexity index is 1160. The Morgan fingerprint density at radius 2 is 1.72 bits per heavy atom. The second-order valence-corrected chi connectivity index (χ2v) is 12.4. The number of carbonyl (C=O) groups is 2. The zero-order valence-electron chi connectivity index (χ0n) is 20.8. The van der Waals surface area contributed by atoms with E-state index in [1.54, 1.807) is 20.8 Å². The fourth-order valence-corrected chi connectivity index (χ4v) is 5.13. The third kappa shape index (κ3) is 8.41. The number of hydrogen-bond donors (Lipinski definition) is 2. The van der Waals surface area contributed by atoms with Crippen LogP contribution in [0.15, 0.2) is 53.4 Å². The number of hydrogen-bond acceptors (Lipinski definition) is 6. The molecule has 1 fully saturated rings. The van der Waals surface area contributed by atoms with Crippen molar-refractivity contribution in [3.63, 3.8) is 0 Å². The predicted molar refractivity (Wildman–Crippen MR) is 139 cm³/mol. The van der Waals surface area contributed by atoms with Gasteiger partial charge in [0.15, 0.2) is 0 Å². The maximum atomic E-state index is 13.3. The highest BCUT2D eigenvalue weighted by Gasteiger charge is 2.32. The summed E-state index contributed by atoms with van der Waals surface area (Å²) in [6.07, 6.45) is 4.00. The summed E-state index contributed by atoms with van der Waals surface area (Å²) in [7, 11) is 1.52. The number of ether oxygens (including phenoxy) is 2. The van der Waals surface area contributed by atoms with E-state index in [0.717, 1.165) is 37.7 Å². The first-order chi connectivity index (χ1) is 16.9. The van der Waals surface area contributed by atoms with Crippen LogP contribution in [0.5, 0.6) is 5.75 Å². The van der Waals surface area contributed by atoms with Crippen LogP contribution in [0.1, 0.15) is 58.4 Å². The minimum atomic E-state index is -4.09. The fraction of sp³-hybridized carbons (Fsp3) is 0.462. The van der Waals surface area contributed by atoms with Crippen molar-refractivity contribution < 1.29 is 27.5 Å². The smallest absolute Gasteiger partial charge is 0.408 e. The van der Waals surface area contributed by atoms with Crippen molar-refractivity contribution in [3.8, 4) is 5.75 Å². The van der Waals surface area contributed by atoms with E-state index >= 15 is 0 Å². The summed E-state index contributed by atoms with van der Waals surface area (Å²) in [5.41, 5.74) is 0.452. The van der Waals surface area contributed by atoms with E-state index in [9.17, 15) is 18.0 Å². The molecule has 0 bridgehead atoms. The van der Waals surface area contributed by atoms with Gasteiger partial charge < -0.3 is 20.1 Å². The van der Waals surface area contributed by atoms with Crippen LogP contribution >= 0.6 is 10.7 Å². The maximum Gasteiger partial charge on any atom is 0.408 e. The van der Waals surface area contributed by atoms with Gasteiger partial charge in [0.05, 0.1) is 0 Å². The van der Waals surface area contributed by atoms with E-state index in [1.165, 1.54) is 18.2 Å². The third-order valence-electron chi connectivity index (χ3n) is 5.79. The van der Waals surface area contributed by atoms with Gasteiger partial charge in [-0.1, -0.05) is 49.6 Å². The van der Waals surface area contributed by atoms with Crippen LogP contribution in [0.4, 0.5) is 10.5 Å². The van der Waals surface area contributed by atoms with Gasteiger partial charge in [0.2, 0.25) is 5.91 Å². The molecule has 0 radical (unpaired) electrons. The van der Waals surface area contributed by atoms with E-state index in [2.05, 4.69) is 10.6 Å². The molecule has 1 aliphatic carbocycles. The van der Waals surface area contributed by atoms with E-state index in [-0.39, 0.29) is 23.2 Å². The highest BCUT2D eigenvalue weighted by molar-refractivity contribution is 8.13. The first-order valence-corrected chi connectivity index (χ1v) is 14.3. The molecule has 2 N–H and O–H groups in total. The maximum absolute atomic E-state index is 13.3. The summed E-state index contributed by atoms with van der Waals surface area (Å²) in [5, 5.41) is 5.54. The summed E-state index contributed by atoms with van der Waals surface area (Å²) < 4.78 is 35.3. The van der Waals surface area contributed by atoms with Crippen molar-refractivity contribution in [2.24, 2.45) is 5.92 Å². The molecular weight excluding hydrogens is 504 g/mol. The number of carbonyl (C=O) groups excluding carboxylic acids is 2. The zero-order valence-corrected chi connectivity index (χ0v) is 22.3. The molecule has 2 aromatic carbocycles. The van der Waals surface area contributed by atoms with Crippen LogP contribution in [-0.4, -0.2) is 32.1 Å². The lowest BCUT2D eigenvalue weighted by Crippen LogP contribution is -2.50. The Morgan fingerprint density at radius 1 is 1.06 bits per heavy atom. The van der Waals surface area contributed by atoms with E-state index < -0.39 is 32.7 Å². The van der Waals surface area contributed by atoms with Gasteiger partial charge in [-0.15, -0.1) is 0 Å². The topological polar surface area (TPSA) is 111 Å². The van der Waals surface area contributed by atoms with Crippen molar-refractivity contribution in [3.05, 3.63) is 54.1 Å². The molecule has 196 valence electrons. The molecule has 0 saturated heterocycles. The van der Waals surface area contributed by atoms with Crippen molar-refractivity contribution >= 4 is 37.4 Å². The molecule has 10 heteroatoms. The van der Waals surface area contributed by atoms with Gasteiger partial charge in [-0.05, 0) is 57.2 Å². The van der Waals surface area contributed by atoms with Gasteiger partial charge in [0.25, 0.3) is 9.05 Å². The van der Waals surface area contributed by atoms with E-state index in [4.69, 9.17) is 20.2 Å². The molecule has 0 aliphatic heterocycles. The Balaban J connectivity index is 1.81. The van der Waals surface area contributed by atoms with Gasteiger partial charge in [-0.3, -0.25) is 4.79 Å². The highest BCUT2D eigenvalue weighted by Crippen LogP contribution is 2.32. The highest BCUT2D eigenvalue weighted by atomic mass is 35.7. The van der Waals surface area contributed by atoms with Crippen molar-refractivity contribution in [1.29, 1.82) is 0 Å². The quantitative estimate of drug-likeness (QED) is 0.424. The number of halogens is 1. The Kier molecular flexibility index (Phi) is 9.24. The SMILES string of the molecule is CC(C)(C)OC(=O)N[C@H](C(=O)Nc1ccc(S(=O)(=O)Cl)c(OCc2ccccc2)c1)C1CCCCC1. The molecule has 36 heavy (non-hydrogen) atoms. The van der Waals surface area contributed by atoms with Crippen LogP contribution < -0.4 is 15.4 Å². The summed E-state index contributed by atoms with van der Waals surface area (Å²) >= 11 is 0. The lowest BCUT2D eigenvalue weighted by Gasteiger charge is -2.31. The number of amides is 2. The van der Waals surface area contributed by atoms with Crippen LogP contribution in [0.2, 0.25) is 0 Å². The molecule has 3 rings (SSSR count). The first kappa shape index (κ1) is 27.8. The van der Waals surface area contributed by atoms with Gasteiger partial charge in [-0.25, -0.2) is 13.2 Å². The number of alkyl carbamates (subject to hydrolysis) is 1. The normalized spacial score (nSPS) is 15.6. The Morgan fingerprint density at radius 3 is 2.33 bits per heavy atom. The van der Waals surface area contributed by atoms with Gasteiger partial charge in [-0.2, -0.15) is 0 Å². The lowest BCUT2D eigenvalue weighted by molar-refractivity contribution is -0.119. The Labute approximate surface area is 217 Å². The standard InChI is InChI=1S/C26H33ClN2O6S/c1-26(2,3)35-25(31)29-23(19-12-8-5-9-13-19)24(30)28-20-14-15-22(36(27,32)33)21(16-20)34-17-18-10-6-4-7-11-18/h4,6-7,10-11,14-16,19,23H,5,8-9,12-13,17H2,1-3H3,(H,28,30)(H,29,31)/t23-/m0/s1. The van der Waals surface area contributed by atoms with Crippen molar-refractivity contribution in [2.45, 2.75) is 76.0 Å².